The molecule has 0 amide bonds. The second-order valence-corrected chi connectivity index (χ2v) is 7.67. The van der Waals surface area contributed by atoms with Gasteiger partial charge in [-0.25, -0.2) is 4.98 Å². The van der Waals surface area contributed by atoms with Crippen LogP contribution in [-0.4, -0.2) is 60.8 Å². The number of hydrogen-bond donors (Lipinski definition) is 2. The average Bonchev–Trinajstić information content (AvgIpc) is 2.79. The predicted molar refractivity (Wildman–Crippen MR) is 119 cm³/mol. The Bertz CT molecular complexity index is 1040. The van der Waals surface area contributed by atoms with Crippen LogP contribution in [0.25, 0.3) is 10.9 Å². The van der Waals surface area contributed by atoms with Crippen LogP contribution in [0.2, 0.25) is 0 Å². The highest BCUT2D eigenvalue weighted by Gasteiger charge is 2.30. The number of alkyl halides is 3. The van der Waals surface area contributed by atoms with E-state index < -0.39 is 11.7 Å². The van der Waals surface area contributed by atoms with Crippen molar-refractivity contribution < 1.29 is 17.9 Å². The normalized spacial score (nSPS) is 15.1. The number of nitrogens with zero attached hydrogens (tertiary/aromatic N) is 3. The van der Waals surface area contributed by atoms with Crippen molar-refractivity contribution in [3.8, 4) is 0 Å². The molecule has 1 aromatic heterocycles. The van der Waals surface area contributed by atoms with Gasteiger partial charge in [-0.05, 0) is 30.2 Å². The number of anilines is 2. The van der Waals surface area contributed by atoms with Gasteiger partial charge in [-0.3, -0.25) is 4.90 Å². The zero-order chi connectivity index (χ0) is 22.4. The van der Waals surface area contributed by atoms with Gasteiger partial charge in [0.2, 0.25) is 5.95 Å². The van der Waals surface area contributed by atoms with Gasteiger partial charge < -0.3 is 15.4 Å². The van der Waals surface area contributed by atoms with Crippen molar-refractivity contribution in [3.63, 3.8) is 0 Å². The number of ether oxygens (including phenoxy) is 1. The van der Waals surface area contributed by atoms with Gasteiger partial charge in [0, 0.05) is 38.1 Å². The Hall–Kier alpha value is -2.91. The monoisotopic (exact) mass is 445 g/mol. The van der Waals surface area contributed by atoms with Gasteiger partial charge in [0.1, 0.15) is 5.82 Å². The van der Waals surface area contributed by atoms with Crippen LogP contribution in [0.5, 0.6) is 0 Å². The molecule has 0 spiro atoms. The molecule has 0 aliphatic carbocycles. The zero-order valence-corrected chi connectivity index (χ0v) is 17.7. The van der Waals surface area contributed by atoms with Crippen molar-refractivity contribution in [2.45, 2.75) is 12.6 Å². The number of aromatic nitrogens is 2. The zero-order valence-electron chi connectivity index (χ0n) is 17.7. The number of benzene rings is 2. The van der Waals surface area contributed by atoms with Crippen LogP contribution in [0.15, 0.2) is 48.5 Å². The molecule has 0 atom stereocenters. The summed E-state index contributed by atoms with van der Waals surface area (Å²) in [6, 6.07) is 13.1. The second-order valence-electron chi connectivity index (χ2n) is 7.67. The molecule has 2 aromatic carbocycles. The van der Waals surface area contributed by atoms with Gasteiger partial charge in [-0.2, -0.15) is 18.2 Å². The molecule has 1 fully saturated rings. The quantitative estimate of drug-likeness (QED) is 0.546. The van der Waals surface area contributed by atoms with Gasteiger partial charge in [0.15, 0.2) is 0 Å². The van der Waals surface area contributed by atoms with Crippen LogP contribution in [0.4, 0.5) is 24.9 Å². The van der Waals surface area contributed by atoms with Crippen molar-refractivity contribution in [1.82, 2.24) is 14.9 Å². The molecule has 32 heavy (non-hydrogen) atoms. The van der Waals surface area contributed by atoms with Gasteiger partial charge in [0.25, 0.3) is 0 Å². The average molecular weight is 445 g/mol. The highest BCUT2D eigenvalue weighted by Crippen LogP contribution is 2.29. The van der Waals surface area contributed by atoms with Crippen LogP contribution >= 0.6 is 0 Å². The van der Waals surface area contributed by atoms with Crippen LogP contribution < -0.4 is 10.6 Å². The minimum atomic E-state index is -4.34. The topological polar surface area (TPSA) is 62.3 Å². The van der Waals surface area contributed by atoms with Gasteiger partial charge in [0.05, 0.1) is 24.3 Å². The molecule has 6 nitrogen and oxygen atoms in total. The summed E-state index contributed by atoms with van der Waals surface area (Å²) in [5, 5.41) is 7.49. The summed E-state index contributed by atoms with van der Waals surface area (Å²) < 4.78 is 44.1. The molecule has 4 rings (SSSR count). The molecule has 0 radical (unpaired) electrons. The molecule has 1 aliphatic rings. The Kier molecular flexibility index (Phi) is 7.06. The van der Waals surface area contributed by atoms with E-state index in [4.69, 9.17) is 4.74 Å². The fourth-order valence-electron chi connectivity index (χ4n) is 3.67. The summed E-state index contributed by atoms with van der Waals surface area (Å²) in [6.07, 6.45) is -3.91. The number of para-hydroxylation sites is 1. The molecular weight excluding hydrogens is 419 g/mol. The minimum Gasteiger partial charge on any atom is -0.379 e. The van der Waals surface area contributed by atoms with Crippen molar-refractivity contribution in [3.05, 3.63) is 59.7 Å². The summed E-state index contributed by atoms with van der Waals surface area (Å²) in [6.45, 7) is 5.42. The van der Waals surface area contributed by atoms with Gasteiger partial charge in [-0.15, -0.1) is 0 Å². The van der Waals surface area contributed by atoms with E-state index in [1.54, 1.807) is 6.07 Å². The van der Waals surface area contributed by atoms with E-state index in [-0.39, 0.29) is 0 Å². The third-order valence-electron chi connectivity index (χ3n) is 5.38. The molecule has 0 bridgehead atoms. The van der Waals surface area contributed by atoms with E-state index in [1.165, 1.54) is 12.1 Å². The maximum absolute atomic E-state index is 12.9. The molecular formula is C23H26F3N5O. The summed E-state index contributed by atoms with van der Waals surface area (Å²) in [4.78, 5) is 11.5. The van der Waals surface area contributed by atoms with Crippen molar-refractivity contribution in [1.29, 1.82) is 0 Å². The molecule has 1 saturated heterocycles. The molecule has 2 heterocycles. The van der Waals surface area contributed by atoms with Crippen LogP contribution in [0, 0.1) is 0 Å². The van der Waals surface area contributed by atoms with E-state index in [0.717, 1.165) is 62.2 Å². The lowest BCUT2D eigenvalue weighted by Crippen LogP contribution is -2.39. The fraction of sp³-hybridized carbons (Fsp3) is 0.391. The first kappa shape index (κ1) is 22.3. The summed E-state index contributed by atoms with van der Waals surface area (Å²) >= 11 is 0. The minimum absolute atomic E-state index is 0.423. The first-order chi connectivity index (χ1) is 15.5. The lowest BCUT2D eigenvalue weighted by atomic mass is 10.1. The van der Waals surface area contributed by atoms with Crippen LogP contribution in [0.3, 0.4) is 0 Å². The first-order valence-corrected chi connectivity index (χ1v) is 10.7. The van der Waals surface area contributed by atoms with Crippen molar-refractivity contribution in [2.75, 3.05) is 56.6 Å². The Morgan fingerprint density at radius 2 is 1.75 bits per heavy atom. The molecule has 0 saturated carbocycles. The maximum Gasteiger partial charge on any atom is 0.416 e. The number of nitrogens with one attached hydrogen (secondary N) is 2. The smallest absolute Gasteiger partial charge is 0.379 e. The third kappa shape index (κ3) is 5.86. The summed E-state index contributed by atoms with van der Waals surface area (Å²) in [5.74, 6) is 1.19. The third-order valence-corrected chi connectivity index (χ3v) is 5.38. The van der Waals surface area contributed by atoms with E-state index >= 15 is 0 Å². The maximum atomic E-state index is 12.9. The lowest BCUT2D eigenvalue weighted by molar-refractivity contribution is -0.137. The molecule has 9 heteroatoms. The number of fused-ring (bicyclic) bond motifs is 1. The van der Waals surface area contributed by atoms with E-state index in [1.807, 2.05) is 24.3 Å². The fourth-order valence-corrected chi connectivity index (χ4v) is 3.67. The molecule has 170 valence electrons. The van der Waals surface area contributed by atoms with Crippen molar-refractivity contribution in [2.24, 2.45) is 0 Å². The summed E-state index contributed by atoms with van der Waals surface area (Å²) in [5.41, 5.74) is 0.777. The van der Waals surface area contributed by atoms with Crippen molar-refractivity contribution >= 4 is 22.7 Å². The number of morpholine rings is 1. The molecule has 2 N–H and O–H groups in total. The van der Waals surface area contributed by atoms with Gasteiger partial charge in [-0.1, -0.05) is 30.3 Å². The SMILES string of the molecule is FC(F)(F)c1cccc(CCNc2nc(NCCN3CCOCC3)c3ccccc3n2)c1. The molecule has 3 aromatic rings. The Morgan fingerprint density at radius 1 is 0.938 bits per heavy atom. The number of rotatable bonds is 8. The molecule has 0 unspecified atom stereocenters. The van der Waals surface area contributed by atoms with Crippen LogP contribution in [0.1, 0.15) is 11.1 Å². The Balaban J connectivity index is 1.40. The highest BCUT2D eigenvalue weighted by atomic mass is 19.4. The Morgan fingerprint density at radius 3 is 2.56 bits per heavy atom. The van der Waals surface area contributed by atoms with E-state index in [9.17, 15) is 13.2 Å². The predicted octanol–water partition coefficient (Wildman–Crippen LogP) is 4.05. The number of hydrogen-bond acceptors (Lipinski definition) is 6. The number of halogens is 3. The van der Waals surface area contributed by atoms with E-state index in [0.29, 0.717) is 24.5 Å². The Labute approximate surface area is 184 Å². The molecule has 1 aliphatic heterocycles. The van der Waals surface area contributed by atoms with Crippen LogP contribution in [-0.2, 0) is 17.3 Å². The summed E-state index contributed by atoms with van der Waals surface area (Å²) in [7, 11) is 0. The lowest BCUT2D eigenvalue weighted by Gasteiger charge is -2.26. The standard InChI is InChI=1S/C23H26F3N5O/c24-23(25,26)18-5-3-4-17(16-18)8-9-28-22-29-20-7-2-1-6-19(20)21(30-22)27-10-11-31-12-14-32-15-13-31/h1-7,16H,8-15H2,(H2,27,28,29,30). The highest BCUT2D eigenvalue weighted by molar-refractivity contribution is 5.90. The van der Waals surface area contributed by atoms with E-state index in [2.05, 4.69) is 25.5 Å². The van der Waals surface area contributed by atoms with Gasteiger partial charge >= 0.3 is 6.18 Å². The first-order valence-electron chi connectivity index (χ1n) is 10.7. The second kappa shape index (κ2) is 10.1. The largest absolute Gasteiger partial charge is 0.416 e.